The Morgan fingerprint density at radius 2 is 1.71 bits per heavy atom. The molecular weight excluding hydrogens is 286 g/mol. The van der Waals surface area contributed by atoms with Gasteiger partial charge in [-0.1, -0.05) is 54.1 Å². The molecule has 4 N–H and O–H groups in total. The van der Waals surface area contributed by atoms with Crippen molar-refractivity contribution >= 4 is 23.5 Å². The molecule has 0 aromatic heterocycles. The second-order valence-corrected chi connectivity index (χ2v) is 5.09. The Morgan fingerprint density at radius 1 is 1.05 bits per heavy atom. The van der Waals surface area contributed by atoms with Gasteiger partial charge in [-0.25, -0.2) is 0 Å². The molecular formula is C16H16ClN3O. The quantitative estimate of drug-likeness (QED) is 0.673. The molecule has 0 aliphatic carbocycles. The maximum Gasteiger partial charge on any atom is 0.249 e. The van der Waals surface area contributed by atoms with Gasteiger partial charge >= 0.3 is 0 Å². The molecule has 1 amide bonds. The van der Waals surface area contributed by atoms with E-state index in [9.17, 15) is 4.79 Å². The summed E-state index contributed by atoms with van der Waals surface area (Å²) in [7, 11) is 0. The number of nitrogens with two attached hydrogens (primary N) is 2. The normalized spacial score (nSPS) is 11.7. The summed E-state index contributed by atoms with van der Waals surface area (Å²) < 4.78 is 0. The molecule has 2 aromatic rings. The summed E-state index contributed by atoms with van der Waals surface area (Å²) in [5.74, 6) is -0.720. The maximum absolute atomic E-state index is 11.9. The summed E-state index contributed by atoms with van der Waals surface area (Å²) in [5, 5.41) is 0.628. The Hall–Kier alpha value is -2.33. The highest BCUT2D eigenvalue weighted by molar-refractivity contribution is 6.30. The van der Waals surface area contributed by atoms with Crippen LogP contribution < -0.4 is 11.5 Å². The van der Waals surface area contributed by atoms with Crippen LogP contribution in [0.2, 0.25) is 5.02 Å². The highest BCUT2D eigenvalue weighted by Crippen LogP contribution is 2.29. The SMILES string of the molecule is NC(N)=NC(=O)CC(c1ccccc1)c1cccc(Cl)c1. The lowest BCUT2D eigenvalue weighted by molar-refractivity contribution is -0.118. The second kappa shape index (κ2) is 6.90. The first-order chi connectivity index (χ1) is 10.1. The first-order valence-electron chi connectivity index (χ1n) is 6.49. The minimum Gasteiger partial charge on any atom is -0.370 e. The molecule has 5 heteroatoms. The van der Waals surface area contributed by atoms with E-state index < -0.39 is 0 Å². The number of aliphatic imine (C=N–C) groups is 1. The van der Waals surface area contributed by atoms with E-state index in [4.69, 9.17) is 23.1 Å². The molecule has 0 saturated heterocycles. The average Bonchev–Trinajstić information content (AvgIpc) is 2.45. The van der Waals surface area contributed by atoms with Crippen molar-refractivity contribution in [2.75, 3.05) is 0 Å². The summed E-state index contributed by atoms with van der Waals surface area (Å²) in [4.78, 5) is 15.5. The lowest BCUT2D eigenvalue weighted by Gasteiger charge is -2.16. The minimum atomic E-state index is -0.358. The van der Waals surface area contributed by atoms with Crippen LogP contribution in [0.3, 0.4) is 0 Å². The summed E-state index contributed by atoms with van der Waals surface area (Å²) in [6.07, 6.45) is 0.183. The first-order valence-corrected chi connectivity index (χ1v) is 6.87. The predicted octanol–water partition coefficient (Wildman–Crippen LogP) is 2.66. The minimum absolute atomic E-state index is 0.138. The van der Waals surface area contributed by atoms with Gasteiger partial charge in [0.1, 0.15) is 0 Å². The molecule has 4 nitrogen and oxygen atoms in total. The lowest BCUT2D eigenvalue weighted by atomic mass is 9.88. The van der Waals surface area contributed by atoms with Crippen molar-refractivity contribution in [3.05, 3.63) is 70.7 Å². The first kappa shape index (κ1) is 15.1. The van der Waals surface area contributed by atoms with Gasteiger partial charge in [0.15, 0.2) is 5.96 Å². The Bertz CT molecular complexity index is 652. The summed E-state index contributed by atoms with van der Waals surface area (Å²) in [5.41, 5.74) is 12.5. The Balaban J connectivity index is 2.36. The Kier molecular flexibility index (Phi) is 4.95. The third kappa shape index (κ3) is 4.33. The number of guanidine groups is 1. The van der Waals surface area contributed by atoms with Gasteiger partial charge in [-0.05, 0) is 23.3 Å². The summed E-state index contributed by atoms with van der Waals surface area (Å²) >= 11 is 6.04. The standard InChI is InChI=1S/C16H16ClN3O/c17-13-8-4-7-12(9-13)14(10-15(21)20-16(18)19)11-5-2-1-3-6-11/h1-9,14H,10H2,(H4,18,19,20,21). The van der Waals surface area contributed by atoms with Gasteiger partial charge in [0.25, 0.3) is 0 Å². The van der Waals surface area contributed by atoms with Gasteiger partial charge < -0.3 is 11.5 Å². The molecule has 0 aliphatic rings. The molecule has 108 valence electrons. The van der Waals surface area contributed by atoms with Crippen LogP contribution in [0.5, 0.6) is 0 Å². The van der Waals surface area contributed by atoms with Crippen LogP contribution in [-0.2, 0) is 4.79 Å². The largest absolute Gasteiger partial charge is 0.370 e. The van der Waals surface area contributed by atoms with Gasteiger partial charge in [0.2, 0.25) is 5.91 Å². The molecule has 0 aliphatic heterocycles. The highest BCUT2D eigenvalue weighted by Gasteiger charge is 2.18. The fourth-order valence-corrected chi connectivity index (χ4v) is 2.40. The molecule has 21 heavy (non-hydrogen) atoms. The van der Waals surface area contributed by atoms with E-state index in [2.05, 4.69) is 4.99 Å². The van der Waals surface area contributed by atoms with Crippen molar-refractivity contribution in [3.63, 3.8) is 0 Å². The highest BCUT2D eigenvalue weighted by atomic mass is 35.5. The zero-order valence-electron chi connectivity index (χ0n) is 11.4. The van der Waals surface area contributed by atoms with E-state index >= 15 is 0 Å². The van der Waals surface area contributed by atoms with E-state index in [1.807, 2.05) is 48.5 Å². The Labute approximate surface area is 128 Å². The lowest BCUT2D eigenvalue weighted by Crippen LogP contribution is -2.24. The van der Waals surface area contributed by atoms with Crippen LogP contribution in [0.25, 0.3) is 0 Å². The number of amides is 1. The topological polar surface area (TPSA) is 81.5 Å². The van der Waals surface area contributed by atoms with Gasteiger partial charge in [-0.2, -0.15) is 4.99 Å². The van der Waals surface area contributed by atoms with Crippen LogP contribution in [-0.4, -0.2) is 11.9 Å². The van der Waals surface area contributed by atoms with Crippen LogP contribution >= 0.6 is 11.6 Å². The van der Waals surface area contributed by atoms with E-state index in [1.54, 1.807) is 6.07 Å². The van der Waals surface area contributed by atoms with Crippen LogP contribution in [0.1, 0.15) is 23.5 Å². The van der Waals surface area contributed by atoms with E-state index in [1.165, 1.54) is 0 Å². The third-order valence-corrected chi connectivity index (χ3v) is 3.32. The number of halogens is 1. The number of carbonyl (C=O) groups excluding carboxylic acids is 1. The van der Waals surface area contributed by atoms with Crippen molar-refractivity contribution in [1.82, 2.24) is 0 Å². The van der Waals surface area contributed by atoms with Gasteiger partial charge in [0.05, 0.1) is 0 Å². The number of benzene rings is 2. The number of hydrogen-bond donors (Lipinski definition) is 2. The molecule has 0 bridgehead atoms. The number of nitrogens with zero attached hydrogens (tertiary/aromatic N) is 1. The summed E-state index contributed by atoms with van der Waals surface area (Å²) in [6, 6.07) is 17.2. The monoisotopic (exact) mass is 301 g/mol. The van der Waals surface area contributed by atoms with Crippen molar-refractivity contribution in [3.8, 4) is 0 Å². The van der Waals surface area contributed by atoms with E-state index in [0.717, 1.165) is 11.1 Å². The van der Waals surface area contributed by atoms with Crippen molar-refractivity contribution in [2.24, 2.45) is 16.5 Å². The van der Waals surface area contributed by atoms with Gasteiger partial charge in [-0.15, -0.1) is 0 Å². The van der Waals surface area contributed by atoms with Crippen molar-refractivity contribution in [2.45, 2.75) is 12.3 Å². The van der Waals surface area contributed by atoms with Gasteiger partial charge in [0, 0.05) is 17.4 Å². The molecule has 1 atom stereocenters. The van der Waals surface area contributed by atoms with E-state index in [0.29, 0.717) is 5.02 Å². The van der Waals surface area contributed by atoms with Crippen molar-refractivity contribution in [1.29, 1.82) is 0 Å². The average molecular weight is 302 g/mol. The van der Waals surface area contributed by atoms with Crippen LogP contribution in [0.15, 0.2) is 59.6 Å². The zero-order chi connectivity index (χ0) is 15.2. The molecule has 2 rings (SSSR count). The molecule has 0 saturated carbocycles. The fourth-order valence-electron chi connectivity index (χ4n) is 2.20. The molecule has 0 spiro atoms. The molecule has 1 unspecified atom stereocenters. The van der Waals surface area contributed by atoms with Crippen LogP contribution in [0, 0.1) is 0 Å². The summed E-state index contributed by atoms with van der Waals surface area (Å²) in [6.45, 7) is 0. The smallest absolute Gasteiger partial charge is 0.249 e. The third-order valence-electron chi connectivity index (χ3n) is 3.09. The predicted molar refractivity (Wildman–Crippen MR) is 85.2 cm³/mol. The molecule has 0 heterocycles. The Morgan fingerprint density at radius 3 is 2.33 bits per heavy atom. The molecule has 0 fully saturated rings. The van der Waals surface area contributed by atoms with Crippen LogP contribution in [0.4, 0.5) is 0 Å². The molecule has 2 aromatic carbocycles. The second-order valence-electron chi connectivity index (χ2n) is 4.65. The zero-order valence-corrected chi connectivity index (χ0v) is 12.1. The fraction of sp³-hybridized carbons (Fsp3) is 0.125. The van der Waals surface area contributed by atoms with Crippen molar-refractivity contribution < 1.29 is 4.79 Å². The maximum atomic E-state index is 11.9. The number of carbonyl (C=O) groups is 1. The number of rotatable bonds is 4. The molecule has 0 radical (unpaired) electrons. The van der Waals surface area contributed by atoms with E-state index in [-0.39, 0.29) is 24.2 Å². The van der Waals surface area contributed by atoms with Gasteiger partial charge in [-0.3, -0.25) is 4.79 Å². The number of hydrogen-bond acceptors (Lipinski definition) is 1.